The van der Waals surface area contributed by atoms with Crippen LogP contribution in [0.2, 0.25) is 0 Å². The minimum absolute atomic E-state index is 0.00208. The number of hydrogen-bond donors (Lipinski definition) is 2. The molecule has 0 fully saturated rings. The lowest BCUT2D eigenvalue weighted by atomic mass is 10.1. The smallest absolute Gasteiger partial charge is 0.271 e. The molecule has 9 nitrogen and oxygen atoms in total. The van der Waals surface area contributed by atoms with Gasteiger partial charge in [-0.15, -0.1) is 0 Å². The highest BCUT2D eigenvalue weighted by Gasteiger charge is 2.11. The van der Waals surface area contributed by atoms with Crippen molar-refractivity contribution >= 4 is 29.4 Å². The van der Waals surface area contributed by atoms with Crippen molar-refractivity contribution in [1.29, 1.82) is 0 Å². The molecule has 0 aromatic heterocycles. The summed E-state index contributed by atoms with van der Waals surface area (Å²) in [4.78, 5) is 37.9. The third-order valence-electron chi connectivity index (χ3n) is 3.15. The van der Waals surface area contributed by atoms with Gasteiger partial charge in [-0.2, -0.15) is 0 Å². The van der Waals surface area contributed by atoms with Crippen LogP contribution >= 0.6 is 0 Å². The average molecular weight is 336 g/mol. The summed E-state index contributed by atoms with van der Waals surface area (Å²) in [5, 5.41) is 19.1. The fraction of sp³-hybridized carbons (Fsp3) is 0.400. The molecule has 0 bridgehead atoms. The zero-order chi connectivity index (χ0) is 18.1. The van der Waals surface area contributed by atoms with E-state index in [1.165, 1.54) is 24.3 Å². The SMILES string of the molecule is CC(C)[C@H](C)NC(=O)CO/N=C\C(=O)Nc1cccc([N+](=O)[O-])c1. The first kappa shape index (κ1) is 19.1. The molecule has 1 aromatic carbocycles. The third kappa shape index (κ3) is 6.86. The van der Waals surface area contributed by atoms with Gasteiger partial charge in [0.15, 0.2) is 6.61 Å². The fourth-order valence-corrected chi connectivity index (χ4v) is 1.52. The van der Waals surface area contributed by atoms with Crippen molar-refractivity contribution in [1.82, 2.24) is 5.32 Å². The number of nitro benzene ring substituents is 1. The van der Waals surface area contributed by atoms with E-state index in [0.29, 0.717) is 0 Å². The van der Waals surface area contributed by atoms with Gasteiger partial charge in [-0.3, -0.25) is 19.7 Å². The van der Waals surface area contributed by atoms with Crippen LogP contribution in [0.1, 0.15) is 20.8 Å². The van der Waals surface area contributed by atoms with Crippen molar-refractivity contribution in [3.63, 3.8) is 0 Å². The van der Waals surface area contributed by atoms with Gasteiger partial charge in [0, 0.05) is 23.9 Å². The molecule has 0 aliphatic rings. The van der Waals surface area contributed by atoms with E-state index in [9.17, 15) is 19.7 Å². The predicted molar refractivity (Wildman–Crippen MR) is 88.6 cm³/mol. The Kier molecular flexibility index (Phi) is 7.34. The van der Waals surface area contributed by atoms with Crippen molar-refractivity contribution in [2.24, 2.45) is 11.1 Å². The Bertz CT molecular complexity index is 630. The molecule has 0 radical (unpaired) electrons. The molecular formula is C15H20N4O5. The standard InChI is InChI=1S/C15H20N4O5/c1-10(2)11(3)17-15(21)9-24-16-8-14(20)18-12-5-4-6-13(7-12)19(22)23/h4-8,10-11H,9H2,1-3H3,(H,17,21)(H,18,20)/b16-8-/t11-/m0/s1. The number of nitrogens with one attached hydrogen (secondary N) is 2. The van der Waals surface area contributed by atoms with Crippen LogP contribution < -0.4 is 10.6 Å². The Morgan fingerprint density at radius 1 is 1.38 bits per heavy atom. The Labute approximate surface area is 139 Å². The van der Waals surface area contributed by atoms with Gasteiger partial charge >= 0.3 is 0 Å². The first-order valence-corrected chi connectivity index (χ1v) is 7.29. The van der Waals surface area contributed by atoms with Gasteiger partial charge in [0.2, 0.25) is 0 Å². The first-order valence-electron chi connectivity index (χ1n) is 7.29. The Balaban J connectivity index is 2.40. The summed E-state index contributed by atoms with van der Waals surface area (Å²) in [6, 6.07) is 5.47. The second-order valence-electron chi connectivity index (χ2n) is 5.40. The number of non-ortho nitro benzene ring substituents is 1. The monoisotopic (exact) mass is 336 g/mol. The summed E-state index contributed by atoms with van der Waals surface area (Å²) >= 11 is 0. The maximum Gasteiger partial charge on any atom is 0.271 e. The number of benzene rings is 1. The lowest BCUT2D eigenvalue weighted by Gasteiger charge is -2.16. The van der Waals surface area contributed by atoms with Crippen LogP contribution in [-0.2, 0) is 14.4 Å². The lowest BCUT2D eigenvalue weighted by molar-refractivity contribution is -0.384. The van der Waals surface area contributed by atoms with Crippen molar-refractivity contribution in [2.45, 2.75) is 26.8 Å². The zero-order valence-corrected chi connectivity index (χ0v) is 13.7. The van der Waals surface area contributed by atoms with E-state index in [1.54, 1.807) is 0 Å². The number of hydrogen-bond acceptors (Lipinski definition) is 6. The van der Waals surface area contributed by atoms with Crippen molar-refractivity contribution < 1.29 is 19.3 Å². The van der Waals surface area contributed by atoms with E-state index >= 15 is 0 Å². The van der Waals surface area contributed by atoms with Crippen molar-refractivity contribution in [3.8, 4) is 0 Å². The van der Waals surface area contributed by atoms with Gasteiger partial charge in [-0.1, -0.05) is 25.1 Å². The van der Waals surface area contributed by atoms with Crippen molar-refractivity contribution in [2.75, 3.05) is 11.9 Å². The molecule has 0 saturated heterocycles. The minimum Gasteiger partial charge on any atom is -0.386 e. The predicted octanol–water partition coefficient (Wildman–Crippen LogP) is 1.70. The molecule has 0 aliphatic carbocycles. The second-order valence-corrected chi connectivity index (χ2v) is 5.40. The molecule has 1 rings (SSSR count). The zero-order valence-electron chi connectivity index (χ0n) is 13.7. The van der Waals surface area contributed by atoms with E-state index in [2.05, 4.69) is 15.8 Å². The number of rotatable bonds is 8. The third-order valence-corrected chi connectivity index (χ3v) is 3.15. The number of anilines is 1. The average Bonchev–Trinajstić information content (AvgIpc) is 2.51. The van der Waals surface area contributed by atoms with Gasteiger partial charge in [0.05, 0.1) is 4.92 Å². The molecule has 9 heteroatoms. The molecule has 0 unspecified atom stereocenters. The van der Waals surface area contributed by atoms with Gasteiger partial charge < -0.3 is 15.5 Å². The van der Waals surface area contributed by atoms with Gasteiger partial charge in [0.1, 0.15) is 6.21 Å². The number of amides is 2. The van der Waals surface area contributed by atoms with Gasteiger partial charge in [-0.05, 0) is 18.9 Å². The van der Waals surface area contributed by atoms with Crippen LogP contribution in [0.3, 0.4) is 0 Å². The number of oxime groups is 1. The maximum absolute atomic E-state index is 11.6. The highest BCUT2D eigenvalue weighted by atomic mass is 16.6. The molecule has 0 saturated carbocycles. The fourth-order valence-electron chi connectivity index (χ4n) is 1.52. The maximum atomic E-state index is 11.6. The summed E-state index contributed by atoms with van der Waals surface area (Å²) in [7, 11) is 0. The normalized spacial score (nSPS) is 12.0. The van der Waals surface area contributed by atoms with E-state index in [-0.39, 0.29) is 35.8 Å². The summed E-state index contributed by atoms with van der Waals surface area (Å²) in [5.74, 6) is -0.683. The summed E-state index contributed by atoms with van der Waals surface area (Å²) < 4.78 is 0. The minimum atomic E-state index is -0.633. The number of nitro groups is 1. The Morgan fingerprint density at radius 3 is 2.71 bits per heavy atom. The van der Waals surface area contributed by atoms with E-state index in [1.807, 2.05) is 20.8 Å². The molecular weight excluding hydrogens is 316 g/mol. The number of nitrogens with zero attached hydrogens (tertiary/aromatic N) is 2. The van der Waals surface area contributed by atoms with Crippen LogP contribution in [0.4, 0.5) is 11.4 Å². The van der Waals surface area contributed by atoms with Crippen molar-refractivity contribution in [3.05, 3.63) is 34.4 Å². The summed E-state index contributed by atoms with van der Waals surface area (Å²) in [6.45, 7) is 5.51. The van der Waals surface area contributed by atoms with Crippen LogP contribution in [0.5, 0.6) is 0 Å². The van der Waals surface area contributed by atoms with Gasteiger partial charge in [-0.25, -0.2) is 0 Å². The van der Waals surface area contributed by atoms with Crippen LogP contribution in [0.25, 0.3) is 0 Å². The second kappa shape index (κ2) is 9.23. The molecule has 130 valence electrons. The largest absolute Gasteiger partial charge is 0.386 e. The lowest BCUT2D eigenvalue weighted by Crippen LogP contribution is -2.38. The Hall–Kier alpha value is -2.97. The molecule has 2 amide bonds. The highest BCUT2D eigenvalue weighted by Crippen LogP contribution is 2.16. The van der Waals surface area contributed by atoms with E-state index < -0.39 is 10.8 Å². The number of carbonyl (C=O) groups is 2. The highest BCUT2D eigenvalue weighted by molar-refractivity contribution is 6.31. The van der Waals surface area contributed by atoms with E-state index in [4.69, 9.17) is 4.84 Å². The first-order chi connectivity index (χ1) is 11.3. The Morgan fingerprint density at radius 2 is 2.08 bits per heavy atom. The molecule has 2 N–H and O–H groups in total. The van der Waals surface area contributed by atoms with Gasteiger partial charge in [0.25, 0.3) is 17.5 Å². The summed E-state index contributed by atoms with van der Waals surface area (Å²) in [5.41, 5.74) is 0.112. The quantitative estimate of drug-likeness (QED) is 0.425. The summed E-state index contributed by atoms with van der Waals surface area (Å²) in [6.07, 6.45) is 0.845. The van der Waals surface area contributed by atoms with Crippen LogP contribution in [0, 0.1) is 16.0 Å². The molecule has 1 aromatic rings. The van der Waals surface area contributed by atoms with E-state index in [0.717, 1.165) is 6.21 Å². The molecule has 1 atom stereocenters. The molecule has 24 heavy (non-hydrogen) atoms. The molecule has 0 heterocycles. The number of carbonyl (C=O) groups excluding carboxylic acids is 2. The topological polar surface area (TPSA) is 123 Å². The van der Waals surface area contributed by atoms with Crippen LogP contribution in [-0.4, -0.2) is 35.6 Å². The molecule has 0 spiro atoms. The molecule has 0 aliphatic heterocycles. The van der Waals surface area contributed by atoms with Crippen LogP contribution in [0.15, 0.2) is 29.4 Å².